The molecule has 0 saturated heterocycles. The maximum absolute atomic E-state index is 4.59. The Morgan fingerprint density at radius 3 is 2.75 bits per heavy atom. The van der Waals surface area contributed by atoms with Gasteiger partial charge in [-0.25, -0.2) is 4.98 Å². The maximum Gasteiger partial charge on any atom is 0.108 e. The van der Waals surface area contributed by atoms with Gasteiger partial charge in [-0.2, -0.15) is 12.6 Å². The summed E-state index contributed by atoms with van der Waals surface area (Å²) in [6, 6.07) is 0. The van der Waals surface area contributed by atoms with Crippen molar-refractivity contribution in [2.24, 2.45) is 5.41 Å². The summed E-state index contributed by atoms with van der Waals surface area (Å²) in [6.07, 6.45) is 11.9. The second kappa shape index (κ2) is 5.26. The Bertz CT molecular complexity index is 326. The SMILES string of the molecule is CCc1nccn1CC1(CS)CCCCC1. The number of nitrogens with zero attached hydrogens (tertiary/aromatic N) is 2. The fraction of sp³-hybridized carbons (Fsp3) is 0.769. The predicted molar refractivity (Wildman–Crippen MR) is 71.0 cm³/mol. The third-order valence-electron chi connectivity index (χ3n) is 3.87. The van der Waals surface area contributed by atoms with E-state index in [1.165, 1.54) is 37.9 Å². The van der Waals surface area contributed by atoms with Gasteiger partial charge in [-0.3, -0.25) is 0 Å². The molecule has 1 aromatic rings. The van der Waals surface area contributed by atoms with Crippen molar-refractivity contribution >= 4 is 12.6 Å². The van der Waals surface area contributed by atoms with Crippen molar-refractivity contribution in [3.8, 4) is 0 Å². The molecule has 0 aromatic carbocycles. The molecule has 1 saturated carbocycles. The van der Waals surface area contributed by atoms with E-state index in [2.05, 4.69) is 35.3 Å². The molecule has 0 unspecified atom stereocenters. The molecule has 2 nitrogen and oxygen atoms in total. The number of hydrogen-bond acceptors (Lipinski definition) is 2. The van der Waals surface area contributed by atoms with E-state index in [-0.39, 0.29) is 0 Å². The summed E-state index contributed by atoms with van der Waals surface area (Å²) in [7, 11) is 0. The highest BCUT2D eigenvalue weighted by molar-refractivity contribution is 7.80. The maximum atomic E-state index is 4.59. The van der Waals surface area contributed by atoms with E-state index in [1.54, 1.807) is 0 Å². The Morgan fingerprint density at radius 1 is 1.38 bits per heavy atom. The van der Waals surface area contributed by atoms with E-state index in [9.17, 15) is 0 Å². The zero-order valence-electron chi connectivity index (χ0n) is 10.2. The first-order valence-corrected chi connectivity index (χ1v) is 7.04. The molecule has 1 heterocycles. The summed E-state index contributed by atoms with van der Waals surface area (Å²) in [5.41, 5.74) is 0.423. The van der Waals surface area contributed by atoms with Gasteiger partial charge in [0.2, 0.25) is 0 Å². The lowest BCUT2D eigenvalue weighted by molar-refractivity contribution is 0.188. The van der Waals surface area contributed by atoms with Crippen molar-refractivity contribution in [3.05, 3.63) is 18.2 Å². The van der Waals surface area contributed by atoms with Crippen molar-refractivity contribution in [3.63, 3.8) is 0 Å². The minimum atomic E-state index is 0.423. The molecular formula is C13H22N2S. The van der Waals surface area contributed by atoms with Crippen LogP contribution in [0.4, 0.5) is 0 Å². The van der Waals surface area contributed by atoms with E-state index in [0.29, 0.717) is 5.41 Å². The average Bonchev–Trinajstić information content (AvgIpc) is 2.77. The number of thiol groups is 1. The van der Waals surface area contributed by atoms with Crippen LogP contribution in [0.15, 0.2) is 12.4 Å². The lowest BCUT2D eigenvalue weighted by Gasteiger charge is -2.36. The molecule has 1 aliphatic carbocycles. The number of aromatic nitrogens is 2. The molecule has 16 heavy (non-hydrogen) atoms. The van der Waals surface area contributed by atoms with Gasteiger partial charge in [-0.15, -0.1) is 0 Å². The Labute approximate surface area is 104 Å². The zero-order valence-corrected chi connectivity index (χ0v) is 11.0. The van der Waals surface area contributed by atoms with Crippen molar-refractivity contribution in [2.75, 3.05) is 5.75 Å². The zero-order chi connectivity index (χ0) is 11.4. The highest BCUT2D eigenvalue weighted by atomic mass is 32.1. The predicted octanol–water partition coefficient (Wildman–Crippen LogP) is 3.33. The fourth-order valence-corrected chi connectivity index (χ4v) is 3.24. The van der Waals surface area contributed by atoms with Crippen LogP contribution in [0, 0.1) is 5.41 Å². The minimum Gasteiger partial charge on any atom is -0.334 e. The molecule has 1 aromatic heterocycles. The van der Waals surface area contributed by atoms with Gasteiger partial charge in [-0.05, 0) is 24.0 Å². The Kier molecular flexibility index (Phi) is 3.95. The molecule has 0 radical (unpaired) electrons. The second-order valence-electron chi connectivity index (χ2n) is 5.04. The van der Waals surface area contributed by atoms with E-state index in [1.807, 2.05) is 6.20 Å². The molecule has 0 atom stereocenters. The fourth-order valence-electron chi connectivity index (χ4n) is 2.83. The Morgan fingerprint density at radius 2 is 2.12 bits per heavy atom. The molecule has 1 fully saturated rings. The van der Waals surface area contributed by atoms with Crippen molar-refractivity contribution in [1.29, 1.82) is 0 Å². The van der Waals surface area contributed by atoms with Gasteiger partial charge in [0.25, 0.3) is 0 Å². The van der Waals surface area contributed by atoms with Crippen LogP contribution in [-0.4, -0.2) is 15.3 Å². The first kappa shape index (κ1) is 12.0. The van der Waals surface area contributed by atoms with Crippen LogP contribution in [-0.2, 0) is 13.0 Å². The molecule has 2 rings (SSSR count). The summed E-state index contributed by atoms with van der Waals surface area (Å²) in [5.74, 6) is 2.22. The van der Waals surface area contributed by atoms with Gasteiger partial charge < -0.3 is 4.57 Å². The topological polar surface area (TPSA) is 17.8 Å². The summed E-state index contributed by atoms with van der Waals surface area (Å²) >= 11 is 4.59. The van der Waals surface area contributed by atoms with Gasteiger partial charge in [0.15, 0.2) is 0 Å². The average molecular weight is 238 g/mol. The monoisotopic (exact) mass is 238 g/mol. The van der Waals surface area contributed by atoms with Crippen LogP contribution in [0.3, 0.4) is 0 Å². The van der Waals surface area contributed by atoms with Crippen molar-refractivity contribution < 1.29 is 0 Å². The number of aryl methyl sites for hydroxylation is 1. The third kappa shape index (κ3) is 2.45. The lowest BCUT2D eigenvalue weighted by Crippen LogP contribution is -2.31. The van der Waals surface area contributed by atoms with Gasteiger partial charge in [-0.1, -0.05) is 26.2 Å². The van der Waals surface area contributed by atoms with Crippen LogP contribution < -0.4 is 0 Å². The summed E-state index contributed by atoms with van der Waals surface area (Å²) < 4.78 is 2.33. The van der Waals surface area contributed by atoms with E-state index in [0.717, 1.165) is 18.7 Å². The van der Waals surface area contributed by atoms with Crippen LogP contribution >= 0.6 is 12.6 Å². The lowest BCUT2D eigenvalue weighted by atomic mass is 9.75. The van der Waals surface area contributed by atoms with Crippen LogP contribution in [0.2, 0.25) is 0 Å². The molecular weight excluding hydrogens is 216 g/mol. The quantitative estimate of drug-likeness (QED) is 0.797. The first-order valence-electron chi connectivity index (χ1n) is 6.40. The highest BCUT2D eigenvalue weighted by Gasteiger charge is 2.31. The van der Waals surface area contributed by atoms with E-state index < -0.39 is 0 Å². The normalized spacial score (nSPS) is 19.9. The standard InChI is InChI=1S/C13H22N2S/c1-2-12-14-8-9-15(12)10-13(11-16)6-4-3-5-7-13/h8-9,16H,2-7,10-11H2,1H3. The van der Waals surface area contributed by atoms with Crippen LogP contribution in [0.25, 0.3) is 0 Å². The Hall–Kier alpha value is -0.440. The van der Waals surface area contributed by atoms with Gasteiger partial charge >= 0.3 is 0 Å². The van der Waals surface area contributed by atoms with E-state index in [4.69, 9.17) is 0 Å². The number of hydrogen-bond donors (Lipinski definition) is 1. The molecule has 0 spiro atoms. The van der Waals surface area contributed by atoms with Gasteiger partial charge in [0.1, 0.15) is 5.82 Å². The molecule has 0 bridgehead atoms. The van der Waals surface area contributed by atoms with Crippen LogP contribution in [0.5, 0.6) is 0 Å². The molecule has 0 aliphatic heterocycles. The Balaban J connectivity index is 2.11. The van der Waals surface area contributed by atoms with Gasteiger partial charge in [0.05, 0.1) is 0 Å². The molecule has 0 N–H and O–H groups in total. The smallest absolute Gasteiger partial charge is 0.108 e. The van der Waals surface area contributed by atoms with Gasteiger partial charge in [0, 0.05) is 25.4 Å². The van der Waals surface area contributed by atoms with Crippen molar-refractivity contribution in [2.45, 2.75) is 52.0 Å². The largest absolute Gasteiger partial charge is 0.334 e. The second-order valence-corrected chi connectivity index (χ2v) is 5.36. The van der Waals surface area contributed by atoms with Crippen molar-refractivity contribution in [1.82, 2.24) is 9.55 Å². The number of imidazole rings is 1. The summed E-state index contributed by atoms with van der Waals surface area (Å²) in [4.78, 5) is 4.40. The summed E-state index contributed by atoms with van der Waals surface area (Å²) in [6.45, 7) is 3.28. The number of rotatable bonds is 4. The van der Waals surface area contributed by atoms with E-state index >= 15 is 0 Å². The minimum absolute atomic E-state index is 0.423. The molecule has 1 aliphatic rings. The molecule has 0 amide bonds. The first-order chi connectivity index (χ1) is 7.79. The van der Waals surface area contributed by atoms with Crippen LogP contribution in [0.1, 0.15) is 44.9 Å². The molecule has 3 heteroatoms. The highest BCUT2D eigenvalue weighted by Crippen LogP contribution is 2.38. The molecule has 90 valence electrons. The third-order valence-corrected chi connectivity index (χ3v) is 4.54. The summed E-state index contributed by atoms with van der Waals surface area (Å²) in [5, 5.41) is 0.